The zero-order chi connectivity index (χ0) is 11.7. The number of nitrogens with zero attached hydrogens (tertiary/aromatic N) is 3. The molecule has 0 saturated carbocycles. The molecule has 0 saturated heterocycles. The van der Waals surface area contributed by atoms with Crippen molar-refractivity contribution >= 4 is 5.82 Å². The molecular weight excluding hydrogens is 216 g/mol. The van der Waals surface area contributed by atoms with Crippen LogP contribution in [0.25, 0.3) is 17.0 Å². The van der Waals surface area contributed by atoms with E-state index in [1.54, 1.807) is 16.9 Å². The maximum absolute atomic E-state index is 5.50. The largest absolute Gasteiger partial charge is 0.381 e. The molecule has 0 amide bonds. The molecule has 0 aliphatic carbocycles. The van der Waals surface area contributed by atoms with E-state index in [1.807, 2.05) is 36.5 Å². The summed E-state index contributed by atoms with van der Waals surface area (Å²) in [7, 11) is 0. The summed E-state index contributed by atoms with van der Waals surface area (Å²) in [5.41, 5.74) is 7.34. The summed E-state index contributed by atoms with van der Waals surface area (Å²) in [6.45, 7) is 0. The normalized spacial score (nSPS) is 10.6. The molecule has 0 atom stereocenters. The van der Waals surface area contributed by atoms with Gasteiger partial charge in [-0.15, -0.1) is 0 Å². The van der Waals surface area contributed by atoms with Crippen molar-refractivity contribution in [3.05, 3.63) is 48.8 Å². The van der Waals surface area contributed by atoms with Crippen LogP contribution >= 0.6 is 0 Å². The first-order chi connectivity index (χ1) is 8.33. The lowest BCUT2D eigenvalue weighted by molar-refractivity contribution is 0.436. The third-order valence-corrected chi connectivity index (χ3v) is 2.42. The number of benzene rings is 1. The first-order valence-corrected chi connectivity index (χ1v) is 5.15. The van der Waals surface area contributed by atoms with Crippen LogP contribution in [0.1, 0.15) is 0 Å². The van der Waals surface area contributed by atoms with Crippen LogP contribution in [0.5, 0.6) is 0 Å². The SMILES string of the molecule is Nc1cc(-c2cnn(-c3ccccc3)c2)on1. The fourth-order valence-corrected chi connectivity index (χ4v) is 1.60. The zero-order valence-electron chi connectivity index (χ0n) is 8.95. The Morgan fingerprint density at radius 1 is 1.18 bits per heavy atom. The van der Waals surface area contributed by atoms with E-state index in [-0.39, 0.29) is 0 Å². The van der Waals surface area contributed by atoms with Gasteiger partial charge in [0, 0.05) is 12.3 Å². The van der Waals surface area contributed by atoms with Gasteiger partial charge in [-0.05, 0) is 12.1 Å². The Balaban J connectivity index is 1.99. The summed E-state index contributed by atoms with van der Waals surface area (Å²) < 4.78 is 6.84. The average molecular weight is 226 g/mol. The molecule has 17 heavy (non-hydrogen) atoms. The number of rotatable bonds is 2. The number of aromatic nitrogens is 3. The Hall–Kier alpha value is -2.56. The van der Waals surface area contributed by atoms with Crippen molar-refractivity contribution in [2.75, 3.05) is 5.73 Å². The van der Waals surface area contributed by atoms with Gasteiger partial charge in [0.05, 0.1) is 17.4 Å². The van der Waals surface area contributed by atoms with Crippen LogP contribution in [-0.2, 0) is 0 Å². The van der Waals surface area contributed by atoms with Crippen LogP contribution in [0.3, 0.4) is 0 Å². The van der Waals surface area contributed by atoms with Crippen molar-refractivity contribution in [2.45, 2.75) is 0 Å². The molecule has 5 heteroatoms. The quantitative estimate of drug-likeness (QED) is 0.726. The highest BCUT2D eigenvalue weighted by atomic mass is 16.5. The molecule has 3 rings (SSSR count). The summed E-state index contributed by atoms with van der Waals surface area (Å²) >= 11 is 0. The second kappa shape index (κ2) is 3.79. The van der Waals surface area contributed by atoms with E-state index in [1.165, 1.54) is 0 Å². The van der Waals surface area contributed by atoms with Crippen LogP contribution in [0.15, 0.2) is 53.3 Å². The molecule has 2 heterocycles. The van der Waals surface area contributed by atoms with Gasteiger partial charge in [0.2, 0.25) is 0 Å². The third kappa shape index (κ3) is 1.78. The summed E-state index contributed by atoms with van der Waals surface area (Å²) in [4.78, 5) is 0. The second-order valence-corrected chi connectivity index (χ2v) is 3.63. The smallest absolute Gasteiger partial charge is 0.172 e. The van der Waals surface area contributed by atoms with Gasteiger partial charge in [-0.1, -0.05) is 23.4 Å². The summed E-state index contributed by atoms with van der Waals surface area (Å²) in [6, 6.07) is 11.5. The predicted octanol–water partition coefficient (Wildman–Crippen LogP) is 2.11. The monoisotopic (exact) mass is 226 g/mol. The highest BCUT2D eigenvalue weighted by molar-refractivity contribution is 5.58. The van der Waals surface area contributed by atoms with Crippen LogP contribution in [0.2, 0.25) is 0 Å². The third-order valence-electron chi connectivity index (χ3n) is 2.42. The Bertz CT molecular complexity index is 627. The van der Waals surface area contributed by atoms with E-state index in [0.717, 1.165) is 11.3 Å². The van der Waals surface area contributed by atoms with Crippen LogP contribution in [-0.4, -0.2) is 14.9 Å². The van der Waals surface area contributed by atoms with Gasteiger partial charge in [0.15, 0.2) is 11.6 Å². The average Bonchev–Trinajstić information content (AvgIpc) is 2.98. The molecule has 0 fully saturated rings. The van der Waals surface area contributed by atoms with E-state index in [0.29, 0.717) is 11.6 Å². The van der Waals surface area contributed by atoms with Crippen molar-refractivity contribution in [3.63, 3.8) is 0 Å². The summed E-state index contributed by atoms with van der Waals surface area (Å²) in [5, 5.41) is 7.90. The molecule has 0 radical (unpaired) electrons. The number of nitrogens with two attached hydrogens (primary N) is 1. The number of para-hydroxylation sites is 1. The van der Waals surface area contributed by atoms with Gasteiger partial charge in [0.25, 0.3) is 0 Å². The lowest BCUT2D eigenvalue weighted by Gasteiger charge is -1.98. The van der Waals surface area contributed by atoms with Crippen molar-refractivity contribution in [2.24, 2.45) is 0 Å². The van der Waals surface area contributed by atoms with Crippen LogP contribution in [0.4, 0.5) is 5.82 Å². The lowest BCUT2D eigenvalue weighted by Crippen LogP contribution is -1.92. The molecule has 0 aliphatic heterocycles. The molecule has 0 unspecified atom stereocenters. The topological polar surface area (TPSA) is 69.9 Å². The number of nitrogen functional groups attached to an aromatic ring is 1. The minimum absolute atomic E-state index is 0.368. The fraction of sp³-hybridized carbons (Fsp3) is 0. The van der Waals surface area contributed by atoms with Gasteiger partial charge in [-0.25, -0.2) is 4.68 Å². The molecule has 2 aromatic heterocycles. The van der Waals surface area contributed by atoms with E-state index in [2.05, 4.69) is 10.3 Å². The summed E-state index contributed by atoms with van der Waals surface area (Å²) in [5.74, 6) is 0.983. The molecule has 3 aromatic rings. The molecule has 5 nitrogen and oxygen atoms in total. The molecule has 0 aliphatic rings. The maximum atomic E-state index is 5.50. The standard InChI is InChI=1S/C12H10N4O/c13-12-6-11(17-15-12)9-7-14-16(8-9)10-4-2-1-3-5-10/h1-8H,(H2,13,15). The predicted molar refractivity (Wildman–Crippen MR) is 63.5 cm³/mol. The van der Waals surface area contributed by atoms with E-state index in [9.17, 15) is 0 Å². The second-order valence-electron chi connectivity index (χ2n) is 3.63. The van der Waals surface area contributed by atoms with Crippen molar-refractivity contribution < 1.29 is 4.52 Å². The maximum Gasteiger partial charge on any atom is 0.172 e. The van der Waals surface area contributed by atoms with Crippen LogP contribution in [0, 0.1) is 0 Å². The molecular formula is C12H10N4O. The van der Waals surface area contributed by atoms with E-state index in [4.69, 9.17) is 10.3 Å². The first kappa shape index (κ1) is 9.65. The highest BCUT2D eigenvalue weighted by Gasteiger charge is 2.07. The highest BCUT2D eigenvalue weighted by Crippen LogP contribution is 2.21. The van der Waals surface area contributed by atoms with Crippen molar-refractivity contribution in [1.29, 1.82) is 0 Å². The summed E-state index contributed by atoms with van der Waals surface area (Å²) in [6.07, 6.45) is 3.59. The molecule has 84 valence electrons. The lowest BCUT2D eigenvalue weighted by atomic mass is 10.3. The van der Waals surface area contributed by atoms with Gasteiger partial charge < -0.3 is 10.3 Å². The van der Waals surface area contributed by atoms with Crippen molar-refractivity contribution in [1.82, 2.24) is 14.9 Å². The Labute approximate surface area is 97.5 Å². The molecule has 2 N–H and O–H groups in total. The Morgan fingerprint density at radius 2 is 2.00 bits per heavy atom. The first-order valence-electron chi connectivity index (χ1n) is 5.15. The Kier molecular flexibility index (Phi) is 2.15. The van der Waals surface area contributed by atoms with Gasteiger partial charge in [-0.2, -0.15) is 5.10 Å². The minimum Gasteiger partial charge on any atom is -0.381 e. The Morgan fingerprint density at radius 3 is 2.71 bits per heavy atom. The van der Waals surface area contributed by atoms with E-state index >= 15 is 0 Å². The van der Waals surface area contributed by atoms with Gasteiger partial charge in [0.1, 0.15) is 0 Å². The molecule has 0 spiro atoms. The number of hydrogen-bond acceptors (Lipinski definition) is 4. The number of hydrogen-bond donors (Lipinski definition) is 1. The fourth-order valence-electron chi connectivity index (χ4n) is 1.60. The van der Waals surface area contributed by atoms with Gasteiger partial charge >= 0.3 is 0 Å². The van der Waals surface area contributed by atoms with Crippen LogP contribution < -0.4 is 5.73 Å². The minimum atomic E-state index is 0.368. The van der Waals surface area contributed by atoms with Gasteiger partial charge in [-0.3, -0.25) is 0 Å². The van der Waals surface area contributed by atoms with Crippen molar-refractivity contribution in [3.8, 4) is 17.0 Å². The van der Waals surface area contributed by atoms with E-state index < -0.39 is 0 Å². The molecule has 0 bridgehead atoms. The zero-order valence-corrected chi connectivity index (χ0v) is 8.95. The molecule has 1 aromatic carbocycles. The number of anilines is 1.